The molecular weight excluding hydrogens is 348 g/mol. The fourth-order valence-corrected chi connectivity index (χ4v) is 4.81. The van der Waals surface area contributed by atoms with Gasteiger partial charge in [-0.25, -0.2) is 4.98 Å². The maximum atomic E-state index is 12.8. The highest BCUT2D eigenvalue weighted by Gasteiger charge is 2.52. The largest absolute Gasteiger partial charge is 0.494 e. The number of rotatable bonds is 5. The van der Waals surface area contributed by atoms with E-state index in [1.165, 1.54) is 16.2 Å². The van der Waals surface area contributed by atoms with E-state index in [2.05, 4.69) is 4.98 Å². The van der Waals surface area contributed by atoms with Crippen LogP contribution >= 0.6 is 11.3 Å². The van der Waals surface area contributed by atoms with Gasteiger partial charge in [0.1, 0.15) is 10.8 Å². The van der Waals surface area contributed by atoms with Gasteiger partial charge in [-0.05, 0) is 44.0 Å². The summed E-state index contributed by atoms with van der Waals surface area (Å²) in [6, 6.07) is 7.81. The Labute approximate surface area is 157 Å². The molecule has 0 atom stereocenters. The van der Waals surface area contributed by atoms with E-state index in [0.717, 1.165) is 47.7 Å². The van der Waals surface area contributed by atoms with Crippen molar-refractivity contribution < 1.29 is 14.3 Å². The first kappa shape index (κ1) is 17.2. The fourth-order valence-electron chi connectivity index (χ4n) is 4.00. The molecule has 1 spiro atoms. The first-order valence-electron chi connectivity index (χ1n) is 9.14. The van der Waals surface area contributed by atoms with Crippen LogP contribution in [0.3, 0.4) is 0 Å². The van der Waals surface area contributed by atoms with E-state index in [9.17, 15) is 9.59 Å². The van der Waals surface area contributed by atoms with Gasteiger partial charge in [0.05, 0.1) is 24.3 Å². The predicted octanol–water partition coefficient (Wildman–Crippen LogP) is 4.03. The SMILES string of the molecule is CCOc1ccc(-c2nc(CN3C(=O)CC4(CCCC4)C3=O)cs2)cc1. The van der Waals surface area contributed by atoms with E-state index in [4.69, 9.17) is 4.74 Å². The van der Waals surface area contributed by atoms with Gasteiger partial charge < -0.3 is 4.74 Å². The zero-order valence-electron chi connectivity index (χ0n) is 14.9. The number of aromatic nitrogens is 1. The highest BCUT2D eigenvalue weighted by molar-refractivity contribution is 7.13. The average Bonchev–Trinajstić information content (AvgIpc) is 3.34. The van der Waals surface area contributed by atoms with Crippen molar-refractivity contribution in [1.82, 2.24) is 9.88 Å². The Hall–Kier alpha value is -2.21. The molecule has 0 bridgehead atoms. The van der Waals surface area contributed by atoms with Crippen LogP contribution in [0.25, 0.3) is 10.6 Å². The summed E-state index contributed by atoms with van der Waals surface area (Å²) in [5.41, 5.74) is 1.37. The molecule has 136 valence electrons. The Bertz CT molecular complexity index is 822. The number of imide groups is 1. The van der Waals surface area contributed by atoms with E-state index >= 15 is 0 Å². The molecule has 1 aliphatic heterocycles. The average molecular weight is 370 g/mol. The van der Waals surface area contributed by atoms with Gasteiger partial charge in [-0.1, -0.05) is 12.8 Å². The van der Waals surface area contributed by atoms with Crippen LogP contribution in [0.5, 0.6) is 5.75 Å². The van der Waals surface area contributed by atoms with Crippen molar-refractivity contribution in [2.75, 3.05) is 6.61 Å². The maximum absolute atomic E-state index is 12.8. The van der Waals surface area contributed by atoms with E-state index in [1.54, 1.807) is 0 Å². The minimum atomic E-state index is -0.412. The van der Waals surface area contributed by atoms with E-state index < -0.39 is 5.41 Å². The summed E-state index contributed by atoms with van der Waals surface area (Å²) in [6.45, 7) is 2.88. The lowest BCUT2D eigenvalue weighted by atomic mass is 9.84. The molecule has 2 heterocycles. The minimum Gasteiger partial charge on any atom is -0.494 e. The second-order valence-corrected chi connectivity index (χ2v) is 7.91. The number of likely N-dealkylation sites (tertiary alicyclic amines) is 1. The predicted molar refractivity (Wildman–Crippen MR) is 99.8 cm³/mol. The van der Waals surface area contributed by atoms with Crippen molar-refractivity contribution in [3.63, 3.8) is 0 Å². The van der Waals surface area contributed by atoms with Gasteiger partial charge in [0.2, 0.25) is 11.8 Å². The van der Waals surface area contributed by atoms with Gasteiger partial charge >= 0.3 is 0 Å². The Balaban J connectivity index is 1.48. The zero-order valence-corrected chi connectivity index (χ0v) is 15.7. The number of carbonyl (C=O) groups is 2. The minimum absolute atomic E-state index is 0.00983. The van der Waals surface area contributed by atoms with Gasteiger partial charge in [-0.2, -0.15) is 0 Å². The zero-order chi connectivity index (χ0) is 18.1. The summed E-state index contributed by atoms with van der Waals surface area (Å²) in [4.78, 5) is 31.2. The lowest BCUT2D eigenvalue weighted by Gasteiger charge is -2.20. The molecule has 1 saturated carbocycles. The van der Waals surface area contributed by atoms with Crippen molar-refractivity contribution in [3.8, 4) is 16.3 Å². The van der Waals surface area contributed by atoms with Crippen molar-refractivity contribution in [2.45, 2.75) is 45.6 Å². The van der Waals surface area contributed by atoms with Crippen LogP contribution in [-0.2, 0) is 16.1 Å². The number of thiazole rings is 1. The molecule has 1 aliphatic carbocycles. The van der Waals surface area contributed by atoms with Crippen molar-refractivity contribution in [1.29, 1.82) is 0 Å². The number of ether oxygens (including phenoxy) is 1. The molecule has 2 aromatic rings. The van der Waals surface area contributed by atoms with Gasteiger partial charge in [0, 0.05) is 17.4 Å². The lowest BCUT2D eigenvalue weighted by Crippen LogP contribution is -2.34. The molecule has 0 radical (unpaired) electrons. The fraction of sp³-hybridized carbons (Fsp3) is 0.450. The molecule has 5 nitrogen and oxygen atoms in total. The normalized spacial score (nSPS) is 18.9. The van der Waals surface area contributed by atoms with Crippen LogP contribution in [0, 0.1) is 5.41 Å². The summed E-state index contributed by atoms with van der Waals surface area (Å²) in [6.07, 6.45) is 4.17. The molecule has 26 heavy (non-hydrogen) atoms. The smallest absolute Gasteiger partial charge is 0.236 e. The van der Waals surface area contributed by atoms with Crippen LogP contribution < -0.4 is 4.74 Å². The molecule has 0 unspecified atom stereocenters. The summed E-state index contributed by atoms with van der Waals surface area (Å²) < 4.78 is 5.46. The van der Waals surface area contributed by atoms with Gasteiger partial charge in [0.15, 0.2) is 0 Å². The van der Waals surface area contributed by atoms with Crippen molar-refractivity contribution in [3.05, 3.63) is 35.3 Å². The summed E-state index contributed by atoms with van der Waals surface area (Å²) in [5.74, 6) is 0.797. The highest BCUT2D eigenvalue weighted by Crippen LogP contribution is 2.47. The molecule has 1 aromatic heterocycles. The maximum Gasteiger partial charge on any atom is 0.236 e. The molecule has 1 saturated heterocycles. The second-order valence-electron chi connectivity index (χ2n) is 7.05. The number of hydrogen-bond acceptors (Lipinski definition) is 5. The van der Waals surface area contributed by atoms with Gasteiger partial charge in [-0.3, -0.25) is 14.5 Å². The molecule has 2 amide bonds. The standard InChI is InChI=1S/C20H22N2O3S/c1-2-25-16-7-5-14(6-8-16)18-21-15(13-26-18)12-22-17(23)11-20(19(22)24)9-3-4-10-20/h5-8,13H,2-4,9-12H2,1H3. The number of hydrogen-bond donors (Lipinski definition) is 0. The first-order chi connectivity index (χ1) is 12.6. The lowest BCUT2D eigenvalue weighted by molar-refractivity contribution is -0.142. The summed E-state index contributed by atoms with van der Waals surface area (Å²) in [7, 11) is 0. The number of benzene rings is 1. The van der Waals surface area contributed by atoms with Crippen LogP contribution in [0.2, 0.25) is 0 Å². The molecule has 6 heteroatoms. The molecule has 2 aliphatic rings. The van der Waals surface area contributed by atoms with Crippen LogP contribution in [0.1, 0.15) is 44.7 Å². The van der Waals surface area contributed by atoms with Gasteiger partial charge in [0.25, 0.3) is 0 Å². The van der Waals surface area contributed by atoms with E-state index in [0.29, 0.717) is 13.0 Å². The monoisotopic (exact) mass is 370 g/mol. The topological polar surface area (TPSA) is 59.5 Å². The number of carbonyl (C=O) groups excluding carboxylic acids is 2. The highest BCUT2D eigenvalue weighted by atomic mass is 32.1. The summed E-state index contributed by atoms with van der Waals surface area (Å²) in [5, 5.41) is 2.82. The number of amides is 2. The van der Waals surface area contributed by atoms with Gasteiger partial charge in [-0.15, -0.1) is 11.3 Å². The molecular formula is C20H22N2O3S. The second kappa shape index (κ2) is 6.83. The quantitative estimate of drug-likeness (QED) is 0.746. The van der Waals surface area contributed by atoms with Crippen molar-refractivity contribution >= 4 is 23.2 Å². The Morgan fingerprint density at radius 1 is 1.19 bits per heavy atom. The third-order valence-electron chi connectivity index (χ3n) is 5.33. The third-order valence-corrected chi connectivity index (χ3v) is 6.27. The van der Waals surface area contributed by atoms with E-state index in [-0.39, 0.29) is 18.4 Å². The Kier molecular flexibility index (Phi) is 4.53. The van der Waals surface area contributed by atoms with Crippen molar-refractivity contribution in [2.24, 2.45) is 5.41 Å². The third kappa shape index (κ3) is 3.03. The van der Waals surface area contributed by atoms with E-state index in [1.807, 2.05) is 36.6 Å². The molecule has 1 aromatic carbocycles. The molecule has 0 N–H and O–H groups in total. The van der Waals surface area contributed by atoms with Crippen LogP contribution in [0.15, 0.2) is 29.6 Å². The summed E-state index contributed by atoms with van der Waals surface area (Å²) >= 11 is 1.53. The first-order valence-corrected chi connectivity index (χ1v) is 10.0. The van der Waals surface area contributed by atoms with Crippen LogP contribution in [-0.4, -0.2) is 28.3 Å². The van der Waals surface area contributed by atoms with Crippen LogP contribution in [0.4, 0.5) is 0 Å². The number of nitrogens with zero attached hydrogens (tertiary/aromatic N) is 2. The Morgan fingerprint density at radius 2 is 1.92 bits per heavy atom. The Morgan fingerprint density at radius 3 is 2.62 bits per heavy atom. The molecule has 4 rings (SSSR count). The molecule has 2 fully saturated rings.